The van der Waals surface area contributed by atoms with E-state index in [0.29, 0.717) is 18.6 Å². The molecule has 0 bridgehead atoms. The van der Waals surface area contributed by atoms with Gasteiger partial charge in [0.2, 0.25) is 0 Å². The van der Waals surface area contributed by atoms with Gasteiger partial charge >= 0.3 is 0 Å². The molecule has 2 nitrogen and oxygen atoms in total. The van der Waals surface area contributed by atoms with Gasteiger partial charge in [-0.3, -0.25) is 4.79 Å². The molecule has 0 aromatic heterocycles. The van der Waals surface area contributed by atoms with E-state index in [1.807, 2.05) is 0 Å². The molecule has 2 heteroatoms. The SMILES string of the molecule is CCCCC(=O)CC(N)CCC. The summed E-state index contributed by atoms with van der Waals surface area (Å²) in [6, 6.07) is 0.0966. The van der Waals surface area contributed by atoms with E-state index >= 15 is 0 Å². The average Bonchev–Trinajstić information content (AvgIpc) is 2.01. The van der Waals surface area contributed by atoms with Crippen LogP contribution in [-0.4, -0.2) is 11.8 Å². The van der Waals surface area contributed by atoms with Crippen LogP contribution in [0.5, 0.6) is 0 Å². The molecule has 1 unspecified atom stereocenters. The van der Waals surface area contributed by atoms with Crippen molar-refractivity contribution in [3.63, 3.8) is 0 Å². The summed E-state index contributed by atoms with van der Waals surface area (Å²) >= 11 is 0. The van der Waals surface area contributed by atoms with E-state index in [1.54, 1.807) is 0 Å². The lowest BCUT2D eigenvalue weighted by molar-refractivity contribution is -0.119. The van der Waals surface area contributed by atoms with E-state index < -0.39 is 0 Å². The molecular formula is C10H21NO. The van der Waals surface area contributed by atoms with Crippen LogP contribution < -0.4 is 5.73 Å². The van der Waals surface area contributed by atoms with E-state index in [-0.39, 0.29) is 6.04 Å². The van der Waals surface area contributed by atoms with Crippen LogP contribution >= 0.6 is 0 Å². The van der Waals surface area contributed by atoms with E-state index in [1.165, 1.54) is 0 Å². The van der Waals surface area contributed by atoms with E-state index in [4.69, 9.17) is 5.73 Å². The molecule has 0 aliphatic rings. The Kier molecular flexibility index (Phi) is 7.06. The van der Waals surface area contributed by atoms with Crippen LogP contribution in [0, 0.1) is 0 Å². The highest BCUT2D eigenvalue weighted by atomic mass is 16.1. The summed E-state index contributed by atoms with van der Waals surface area (Å²) in [5.74, 6) is 0.331. The van der Waals surface area contributed by atoms with Gasteiger partial charge in [0.05, 0.1) is 0 Å². The Morgan fingerprint density at radius 1 is 1.33 bits per heavy atom. The summed E-state index contributed by atoms with van der Waals surface area (Å²) in [4.78, 5) is 11.2. The van der Waals surface area contributed by atoms with Crippen molar-refractivity contribution < 1.29 is 4.79 Å². The molecule has 0 fully saturated rings. The maximum absolute atomic E-state index is 11.2. The van der Waals surface area contributed by atoms with Crippen molar-refractivity contribution in [3.8, 4) is 0 Å². The maximum Gasteiger partial charge on any atom is 0.134 e. The Morgan fingerprint density at radius 2 is 2.00 bits per heavy atom. The zero-order valence-electron chi connectivity index (χ0n) is 8.31. The molecule has 0 rings (SSSR count). The zero-order chi connectivity index (χ0) is 9.40. The lowest BCUT2D eigenvalue weighted by Gasteiger charge is -2.08. The van der Waals surface area contributed by atoms with Gasteiger partial charge in [0.15, 0.2) is 0 Å². The second kappa shape index (κ2) is 7.29. The minimum Gasteiger partial charge on any atom is -0.327 e. The molecule has 0 saturated carbocycles. The number of rotatable bonds is 7. The number of nitrogens with two attached hydrogens (primary N) is 1. The minimum atomic E-state index is 0.0966. The topological polar surface area (TPSA) is 43.1 Å². The fourth-order valence-corrected chi connectivity index (χ4v) is 1.24. The fraction of sp³-hybridized carbons (Fsp3) is 0.900. The highest BCUT2D eigenvalue weighted by Crippen LogP contribution is 2.04. The average molecular weight is 171 g/mol. The summed E-state index contributed by atoms with van der Waals surface area (Å²) in [6.07, 6.45) is 5.44. The number of hydrogen-bond acceptors (Lipinski definition) is 2. The first-order chi connectivity index (χ1) is 5.70. The van der Waals surface area contributed by atoms with Crippen molar-refractivity contribution in [3.05, 3.63) is 0 Å². The summed E-state index contributed by atoms with van der Waals surface area (Å²) in [5, 5.41) is 0. The predicted octanol–water partition coefficient (Wildman–Crippen LogP) is 2.26. The summed E-state index contributed by atoms with van der Waals surface area (Å²) in [5.41, 5.74) is 5.74. The molecule has 12 heavy (non-hydrogen) atoms. The number of carbonyl (C=O) groups is 1. The quantitative estimate of drug-likeness (QED) is 0.638. The second-order valence-corrected chi connectivity index (χ2v) is 3.40. The lowest BCUT2D eigenvalue weighted by atomic mass is 10.0. The van der Waals surface area contributed by atoms with Gasteiger partial charge in [0.25, 0.3) is 0 Å². The summed E-state index contributed by atoms with van der Waals surface area (Å²) < 4.78 is 0. The van der Waals surface area contributed by atoms with Gasteiger partial charge in [-0.05, 0) is 12.8 Å². The normalized spacial score (nSPS) is 12.9. The molecule has 0 amide bonds. The first-order valence-electron chi connectivity index (χ1n) is 4.98. The Balaban J connectivity index is 3.40. The third-order valence-corrected chi connectivity index (χ3v) is 1.96. The predicted molar refractivity (Wildman–Crippen MR) is 52.0 cm³/mol. The van der Waals surface area contributed by atoms with Crippen LogP contribution in [0.25, 0.3) is 0 Å². The van der Waals surface area contributed by atoms with Crippen molar-refractivity contribution in [1.82, 2.24) is 0 Å². The van der Waals surface area contributed by atoms with Crippen LogP contribution in [-0.2, 0) is 4.79 Å². The number of Topliss-reactive ketones (excluding diaryl/α,β-unsaturated/α-hetero) is 1. The van der Waals surface area contributed by atoms with E-state index in [0.717, 1.165) is 25.7 Å². The molecule has 0 heterocycles. The van der Waals surface area contributed by atoms with Crippen LogP contribution in [0.4, 0.5) is 0 Å². The monoisotopic (exact) mass is 171 g/mol. The summed E-state index contributed by atoms with van der Waals surface area (Å²) in [6.45, 7) is 4.19. The standard InChI is InChI=1S/C10H21NO/c1-3-5-7-10(12)8-9(11)6-4-2/h9H,3-8,11H2,1-2H3. The number of hydrogen-bond donors (Lipinski definition) is 1. The van der Waals surface area contributed by atoms with Crippen LogP contribution in [0.1, 0.15) is 52.4 Å². The second-order valence-electron chi connectivity index (χ2n) is 3.40. The maximum atomic E-state index is 11.2. The Bertz CT molecular complexity index is 123. The third kappa shape index (κ3) is 6.35. The third-order valence-electron chi connectivity index (χ3n) is 1.96. The lowest BCUT2D eigenvalue weighted by Crippen LogP contribution is -2.23. The number of carbonyl (C=O) groups excluding carboxylic acids is 1. The first-order valence-corrected chi connectivity index (χ1v) is 4.98. The highest BCUT2D eigenvalue weighted by Gasteiger charge is 2.07. The van der Waals surface area contributed by atoms with Crippen LogP contribution in [0.15, 0.2) is 0 Å². The van der Waals surface area contributed by atoms with Gasteiger partial charge in [0, 0.05) is 18.9 Å². The Labute approximate surface area is 75.5 Å². The van der Waals surface area contributed by atoms with E-state index in [9.17, 15) is 4.79 Å². The Morgan fingerprint density at radius 3 is 2.50 bits per heavy atom. The van der Waals surface area contributed by atoms with Gasteiger partial charge in [0.1, 0.15) is 5.78 Å². The van der Waals surface area contributed by atoms with E-state index in [2.05, 4.69) is 13.8 Å². The smallest absolute Gasteiger partial charge is 0.134 e. The molecule has 72 valence electrons. The fourth-order valence-electron chi connectivity index (χ4n) is 1.24. The van der Waals surface area contributed by atoms with Crippen LogP contribution in [0.3, 0.4) is 0 Å². The molecule has 2 N–H and O–H groups in total. The molecule has 0 spiro atoms. The molecule has 0 aliphatic carbocycles. The van der Waals surface area contributed by atoms with Gasteiger partial charge < -0.3 is 5.73 Å². The molecular weight excluding hydrogens is 150 g/mol. The zero-order valence-corrected chi connectivity index (χ0v) is 8.31. The van der Waals surface area contributed by atoms with Gasteiger partial charge in [-0.25, -0.2) is 0 Å². The molecule has 0 saturated heterocycles. The first kappa shape index (κ1) is 11.6. The van der Waals surface area contributed by atoms with Crippen LogP contribution in [0.2, 0.25) is 0 Å². The summed E-state index contributed by atoms with van der Waals surface area (Å²) in [7, 11) is 0. The van der Waals surface area contributed by atoms with Gasteiger partial charge in [-0.15, -0.1) is 0 Å². The molecule has 0 aliphatic heterocycles. The highest BCUT2D eigenvalue weighted by molar-refractivity contribution is 5.78. The molecule has 0 aromatic carbocycles. The van der Waals surface area contributed by atoms with Crippen molar-refractivity contribution in [2.45, 2.75) is 58.4 Å². The molecule has 0 radical (unpaired) electrons. The minimum absolute atomic E-state index is 0.0966. The van der Waals surface area contributed by atoms with Gasteiger partial charge in [-0.1, -0.05) is 26.7 Å². The Hall–Kier alpha value is -0.370. The number of ketones is 1. The van der Waals surface area contributed by atoms with Crippen molar-refractivity contribution >= 4 is 5.78 Å². The molecule has 0 aromatic rings. The van der Waals surface area contributed by atoms with Crippen molar-refractivity contribution in [2.75, 3.05) is 0 Å². The van der Waals surface area contributed by atoms with Crippen molar-refractivity contribution in [2.24, 2.45) is 5.73 Å². The van der Waals surface area contributed by atoms with Gasteiger partial charge in [-0.2, -0.15) is 0 Å². The largest absolute Gasteiger partial charge is 0.327 e. The van der Waals surface area contributed by atoms with Crippen molar-refractivity contribution in [1.29, 1.82) is 0 Å². The molecule has 1 atom stereocenters. The number of unbranched alkanes of at least 4 members (excludes halogenated alkanes) is 1.